The molecule has 158 valence electrons. The number of rotatable bonds is 8. The van der Waals surface area contributed by atoms with Gasteiger partial charge in [-0.2, -0.15) is 0 Å². The Labute approximate surface area is 184 Å². The fourth-order valence-corrected chi connectivity index (χ4v) is 3.97. The summed E-state index contributed by atoms with van der Waals surface area (Å²) in [7, 11) is 0. The maximum absolute atomic E-state index is 5.78. The number of hydrogen-bond donors (Lipinski definition) is 0. The molecule has 0 radical (unpaired) electrons. The summed E-state index contributed by atoms with van der Waals surface area (Å²) in [5.74, 6) is 3.60. The molecule has 0 bridgehead atoms. The van der Waals surface area contributed by atoms with Gasteiger partial charge in [0.15, 0.2) is 0 Å². The number of allylic oxidation sites excluding steroid dienone is 4. The predicted octanol–water partition coefficient (Wildman–Crippen LogP) is 8.08. The van der Waals surface area contributed by atoms with E-state index in [1.165, 1.54) is 22.3 Å². The second-order valence-electron chi connectivity index (χ2n) is 8.93. The first-order chi connectivity index (χ1) is 14.3. The fourth-order valence-electron chi connectivity index (χ4n) is 3.97. The van der Waals surface area contributed by atoms with Gasteiger partial charge in [0.25, 0.3) is 0 Å². The van der Waals surface area contributed by atoms with E-state index in [0.717, 1.165) is 25.0 Å². The van der Waals surface area contributed by atoms with Gasteiger partial charge in [0.2, 0.25) is 0 Å². The van der Waals surface area contributed by atoms with Crippen molar-refractivity contribution in [3.63, 3.8) is 0 Å². The van der Waals surface area contributed by atoms with E-state index in [4.69, 9.17) is 11.4 Å². The van der Waals surface area contributed by atoms with Crippen LogP contribution < -0.4 is 0 Å². The van der Waals surface area contributed by atoms with Crippen LogP contribution in [-0.2, 0) is 5.41 Å². The van der Waals surface area contributed by atoms with Crippen LogP contribution in [0.5, 0.6) is 0 Å². The Morgan fingerprint density at radius 1 is 1.13 bits per heavy atom. The monoisotopic (exact) mass is 399 g/mol. The molecule has 2 rings (SSSR count). The van der Waals surface area contributed by atoms with Crippen molar-refractivity contribution >= 4 is 5.57 Å². The molecule has 0 fully saturated rings. The summed E-state index contributed by atoms with van der Waals surface area (Å²) in [5.41, 5.74) is 6.16. The van der Waals surface area contributed by atoms with E-state index >= 15 is 0 Å². The second-order valence-corrected chi connectivity index (χ2v) is 8.93. The zero-order valence-electron chi connectivity index (χ0n) is 19.6. The minimum Gasteiger partial charge on any atom is -0.257 e. The van der Waals surface area contributed by atoms with Gasteiger partial charge < -0.3 is 0 Å². The van der Waals surface area contributed by atoms with Crippen molar-refractivity contribution in [1.29, 1.82) is 0 Å². The predicted molar refractivity (Wildman–Crippen MR) is 132 cm³/mol. The molecule has 0 amide bonds. The van der Waals surface area contributed by atoms with Crippen LogP contribution in [0.2, 0.25) is 0 Å². The van der Waals surface area contributed by atoms with E-state index < -0.39 is 0 Å². The van der Waals surface area contributed by atoms with Gasteiger partial charge in [-0.05, 0) is 65.5 Å². The van der Waals surface area contributed by atoms with Crippen LogP contribution in [0.3, 0.4) is 0 Å². The first-order valence-electron chi connectivity index (χ1n) is 11.2. The quantitative estimate of drug-likeness (QED) is 0.323. The van der Waals surface area contributed by atoms with E-state index in [-0.39, 0.29) is 11.3 Å². The van der Waals surface area contributed by atoms with Gasteiger partial charge in [0.05, 0.1) is 5.69 Å². The molecule has 0 spiro atoms. The van der Waals surface area contributed by atoms with Crippen molar-refractivity contribution in [3.05, 3.63) is 72.1 Å². The van der Waals surface area contributed by atoms with E-state index in [1.54, 1.807) is 0 Å². The average molecular weight is 400 g/mol. The van der Waals surface area contributed by atoms with Crippen LogP contribution in [-0.4, -0.2) is 4.98 Å². The summed E-state index contributed by atoms with van der Waals surface area (Å²) < 4.78 is 0. The largest absolute Gasteiger partial charge is 0.257 e. The van der Waals surface area contributed by atoms with E-state index in [9.17, 15) is 0 Å². The number of hydrogen-bond acceptors (Lipinski definition) is 1. The number of aromatic nitrogens is 1. The fraction of sp³-hybridized carbons (Fsp3) is 0.414. The first-order valence-corrected chi connectivity index (χ1v) is 11.2. The molecule has 1 aromatic carbocycles. The van der Waals surface area contributed by atoms with Gasteiger partial charge in [0, 0.05) is 18.5 Å². The molecule has 2 unspecified atom stereocenters. The van der Waals surface area contributed by atoms with Crippen LogP contribution in [0.25, 0.3) is 16.7 Å². The summed E-state index contributed by atoms with van der Waals surface area (Å²) >= 11 is 0. The minimum absolute atomic E-state index is 0.123. The minimum atomic E-state index is 0.123. The van der Waals surface area contributed by atoms with Gasteiger partial charge in [-0.1, -0.05) is 77.1 Å². The maximum Gasteiger partial charge on any atom is 0.0667 e. The van der Waals surface area contributed by atoms with Gasteiger partial charge in [-0.25, -0.2) is 0 Å². The zero-order valence-corrected chi connectivity index (χ0v) is 19.6. The molecule has 30 heavy (non-hydrogen) atoms. The lowest BCUT2D eigenvalue weighted by Gasteiger charge is -2.25. The molecule has 0 aliphatic carbocycles. The topological polar surface area (TPSA) is 12.9 Å². The highest BCUT2D eigenvalue weighted by molar-refractivity contribution is 5.72. The normalized spacial score (nSPS) is 14.5. The molecule has 1 heteroatoms. The Morgan fingerprint density at radius 3 is 2.47 bits per heavy atom. The second kappa shape index (κ2) is 11.0. The molecule has 0 N–H and O–H groups in total. The Bertz CT molecular complexity index is 918. The average Bonchev–Trinajstić information content (AvgIpc) is 2.74. The van der Waals surface area contributed by atoms with E-state index in [0.29, 0.717) is 5.92 Å². The molecule has 1 aromatic heterocycles. The SMILES string of the molecule is C#CCC(/C(=C\C)c1cc(-c2cccc(C(C)(C)C)c2)ccn1)C(C=CCC)CC. The lowest BCUT2D eigenvalue weighted by atomic mass is 9.79. The number of pyridine rings is 1. The van der Waals surface area contributed by atoms with Crippen molar-refractivity contribution in [2.24, 2.45) is 11.8 Å². The zero-order chi connectivity index (χ0) is 22.1. The summed E-state index contributed by atoms with van der Waals surface area (Å²) in [6, 6.07) is 13.2. The van der Waals surface area contributed by atoms with Crippen molar-refractivity contribution < 1.29 is 0 Å². The molecule has 2 atom stereocenters. The highest BCUT2D eigenvalue weighted by Gasteiger charge is 2.23. The molecule has 1 heterocycles. The van der Waals surface area contributed by atoms with Crippen molar-refractivity contribution in [2.75, 3.05) is 0 Å². The summed E-state index contributed by atoms with van der Waals surface area (Å²) in [5, 5.41) is 0. The van der Waals surface area contributed by atoms with Crippen LogP contribution in [0, 0.1) is 24.2 Å². The molecule has 0 saturated heterocycles. The molecule has 0 saturated carbocycles. The lowest BCUT2D eigenvalue weighted by Crippen LogP contribution is -2.15. The molecule has 2 aromatic rings. The first kappa shape index (κ1) is 23.7. The van der Waals surface area contributed by atoms with Crippen LogP contribution in [0.1, 0.15) is 72.1 Å². The highest BCUT2D eigenvalue weighted by atomic mass is 14.7. The number of benzene rings is 1. The Morgan fingerprint density at radius 2 is 1.87 bits per heavy atom. The Hall–Kier alpha value is -2.59. The molecule has 0 aliphatic rings. The van der Waals surface area contributed by atoms with Crippen molar-refractivity contribution in [3.8, 4) is 23.5 Å². The summed E-state index contributed by atoms with van der Waals surface area (Å²) in [4.78, 5) is 4.75. The van der Waals surface area contributed by atoms with Gasteiger partial charge in [0.1, 0.15) is 0 Å². The Balaban J connectivity index is 2.48. The van der Waals surface area contributed by atoms with Gasteiger partial charge in [-0.15, -0.1) is 12.3 Å². The molecule has 0 aliphatic heterocycles. The number of nitrogens with zero attached hydrogens (tertiary/aromatic N) is 1. The maximum atomic E-state index is 5.78. The smallest absolute Gasteiger partial charge is 0.0667 e. The van der Waals surface area contributed by atoms with Crippen molar-refractivity contribution in [1.82, 2.24) is 4.98 Å². The lowest BCUT2D eigenvalue weighted by molar-refractivity contribution is 0.481. The molecular formula is C29H37N. The summed E-state index contributed by atoms with van der Waals surface area (Å²) in [6.45, 7) is 13.3. The van der Waals surface area contributed by atoms with Crippen LogP contribution >= 0.6 is 0 Å². The third-order valence-electron chi connectivity index (χ3n) is 5.77. The third-order valence-corrected chi connectivity index (χ3v) is 5.77. The van der Waals surface area contributed by atoms with Crippen molar-refractivity contribution in [2.45, 2.75) is 66.2 Å². The summed E-state index contributed by atoms with van der Waals surface area (Å²) in [6.07, 6.45) is 17.3. The number of terminal acetylenes is 1. The van der Waals surface area contributed by atoms with Gasteiger partial charge >= 0.3 is 0 Å². The highest BCUT2D eigenvalue weighted by Crippen LogP contribution is 2.35. The van der Waals surface area contributed by atoms with Gasteiger partial charge in [-0.3, -0.25) is 4.98 Å². The van der Waals surface area contributed by atoms with Crippen LogP contribution in [0.4, 0.5) is 0 Å². The Kier molecular flexibility index (Phi) is 8.67. The van der Waals surface area contributed by atoms with Crippen LogP contribution in [0.15, 0.2) is 60.8 Å². The standard InChI is InChI=1S/C29H37N/c1-8-12-15-22(10-3)27(14-9-2)26(11-4)28-21-24(18-19-30-28)23-16-13-17-25(20-23)29(5,6)7/h2,11-13,15-22,27H,8,10,14H2,1,3-7H3/b15-12?,26-11+. The molecule has 1 nitrogen and oxygen atoms in total. The molecular weight excluding hydrogens is 362 g/mol. The third kappa shape index (κ3) is 5.96. The van der Waals surface area contributed by atoms with E-state index in [2.05, 4.69) is 102 Å². The van der Waals surface area contributed by atoms with E-state index in [1.807, 2.05) is 6.20 Å².